The molecule has 7 heteroatoms. The molecule has 6 nitrogen and oxygen atoms in total. The van der Waals surface area contributed by atoms with Crippen LogP contribution in [0, 0.1) is 5.92 Å². The predicted octanol–water partition coefficient (Wildman–Crippen LogP) is 3.04. The minimum Gasteiger partial charge on any atom is -0.396 e. The number of anilines is 1. The first-order valence-corrected chi connectivity index (χ1v) is 9.61. The second-order valence-electron chi connectivity index (χ2n) is 6.93. The van der Waals surface area contributed by atoms with Gasteiger partial charge in [-0.1, -0.05) is 23.7 Å². The molecule has 2 atom stereocenters. The number of halogens is 1. The van der Waals surface area contributed by atoms with Gasteiger partial charge in [0, 0.05) is 60.2 Å². The number of hydrogen-bond acceptors (Lipinski definition) is 6. The lowest BCUT2D eigenvalue weighted by molar-refractivity contribution is 0.0546. The monoisotopic (exact) mass is 396 g/mol. The summed E-state index contributed by atoms with van der Waals surface area (Å²) in [5, 5.41) is 20.4. The average molecular weight is 397 g/mol. The molecule has 0 unspecified atom stereocenters. The molecule has 3 aromatic rings. The molecule has 1 aliphatic heterocycles. The van der Waals surface area contributed by atoms with Crippen LogP contribution in [-0.4, -0.2) is 51.0 Å². The van der Waals surface area contributed by atoms with Crippen LogP contribution in [0.15, 0.2) is 54.9 Å². The van der Waals surface area contributed by atoms with E-state index in [-0.39, 0.29) is 12.5 Å². The molecule has 4 rings (SSSR count). The van der Waals surface area contributed by atoms with Gasteiger partial charge >= 0.3 is 0 Å². The third kappa shape index (κ3) is 3.99. The molecule has 0 bridgehead atoms. The van der Waals surface area contributed by atoms with Gasteiger partial charge in [-0.15, -0.1) is 0 Å². The van der Waals surface area contributed by atoms with Gasteiger partial charge in [0.15, 0.2) is 5.82 Å². The maximum Gasteiger partial charge on any atom is 0.163 e. The van der Waals surface area contributed by atoms with E-state index < -0.39 is 6.10 Å². The van der Waals surface area contributed by atoms with Crippen LogP contribution in [0.4, 0.5) is 5.82 Å². The molecule has 0 radical (unpaired) electrons. The second-order valence-corrected chi connectivity index (χ2v) is 7.36. The Morgan fingerprint density at radius 1 is 1.11 bits per heavy atom. The third-order valence-electron chi connectivity index (χ3n) is 5.05. The van der Waals surface area contributed by atoms with Crippen molar-refractivity contribution in [2.24, 2.45) is 5.92 Å². The molecule has 0 aliphatic carbocycles. The number of aliphatic hydroxyl groups excluding tert-OH is 2. The maximum absolute atomic E-state index is 10.3. The molecule has 2 aromatic heterocycles. The molecular weight excluding hydrogens is 376 g/mol. The van der Waals surface area contributed by atoms with Crippen molar-refractivity contribution < 1.29 is 10.2 Å². The lowest BCUT2D eigenvalue weighted by Crippen LogP contribution is -2.45. The number of piperidine rings is 1. The minimum atomic E-state index is -0.588. The smallest absolute Gasteiger partial charge is 0.163 e. The average Bonchev–Trinajstić information content (AvgIpc) is 2.74. The SMILES string of the molecule is OC[C@H]1CCN(c2cc(-c3ccc(Cl)cc3)nc(-c3cccnc3)n2)C[C@H]1O. The van der Waals surface area contributed by atoms with Crippen molar-refractivity contribution in [3.8, 4) is 22.6 Å². The molecule has 144 valence electrons. The van der Waals surface area contributed by atoms with E-state index in [0.717, 1.165) is 22.6 Å². The zero-order valence-corrected chi connectivity index (χ0v) is 16.0. The highest BCUT2D eigenvalue weighted by Crippen LogP contribution is 2.29. The van der Waals surface area contributed by atoms with Crippen molar-refractivity contribution >= 4 is 17.4 Å². The zero-order valence-electron chi connectivity index (χ0n) is 15.2. The molecule has 28 heavy (non-hydrogen) atoms. The summed E-state index contributed by atoms with van der Waals surface area (Å²) < 4.78 is 0. The van der Waals surface area contributed by atoms with Crippen LogP contribution in [-0.2, 0) is 0 Å². The van der Waals surface area contributed by atoms with Gasteiger partial charge in [0.25, 0.3) is 0 Å². The standard InChI is InChI=1S/C21H21ClN4O2/c22-17-5-3-14(4-6-17)18-10-20(26-9-7-16(13-27)19(28)12-26)25-21(24-18)15-2-1-8-23-11-15/h1-6,8,10-11,16,19,27-28H,7,9,12-13H2/t16-,19-/m1/s1. The van der Waals surface area contributed by atoms with Gasteiger partial charge in [0.05, 0.1) is 11.8 Å². The first-order chi connectivity index (χ1) is 13.6. The van der Waals surface area contributed by atoms with Crippen LogP contribution in [0.25, 0.3) is 22.6 Å². The van der Waals surface area contributed by atoms with Crippen LogP contribution in [0.2, 0.25) is 5.02 Å². The van der Waals surface area contributed by atoms with Gasteiger partial charge < -0.3 is 15.1 Å². The van der Waals surface area contributed by atoms with Crippen molar-refractivity contribution in [1.82, 2.24) is 15.0 Å². The first-order valence-electron chi connectivity index (χ1n) is 9.23. The van der Waals surface area contributed by atoms with E-state index in [1.807, 2.05) is 47.4 Å². The Morgan fingerprint density at radius 3 is 2.61 bits per heavy atom. The Balaban J connectivity index is 1.75. The quantitative estimate of drug-likeness (QED) is 0.705. The lowest BCUT2D eigenvalue weighted by atomic mass is 9.95. The zero-order chi connectivity index (χ0) is 19.5. The van der Waals surface area contributed by atoms with E-state index in [9.17, 15) is 10.2 Å². The molecule has 1 saturated heterocycles. The van der Waals surface area contributed by atoms with Crippen molar-refractivity contribution in [3.63, 3.8) is 0 Å². The summed E-state index contributed by atoms with van der Waals surface area (Å²) in [6.45, 7) is 1.14. The van der Waals surface area contributed by atoms with Gasteiger partial charge in [0.2, 0.25) is 0 Å². The molecule has 0 amide bonds. The number of aromatic nitrogens is 3. The largest absolute Gasteiger partial charge is 0.396 e. The molecular formula is C21H21ClN4O2. The highest BCUT2D eigenvalue weighted by molar-refractivity contribution is 6.30. The van der Waals surface area contributed by atoms with E-state index in [4.69, 9.17) is 21.6 Å². The number of aliphatic hydroxyl groups is 2. The number of pyridine rings is 1. The van der Waals surface area contributed by atoms with Gasteiger partial charge in [-0.3, -0.25) is 4.98 Å². The summed E-state index contributed by atoms with van der Waals surface area (Å²) in [6, 6.07) is 13.2. The molecule has 1 fully saturated rings. The first kappa shape index (κ1) is 18.8. The highest BCUT2D eigenvalue weighted by atomic mass is 35.5. The molecule has 3 heterocycles. The third-order valence-corrected chi connectivity index (χ3v) is 5.30. The molecule has 0 spiro atoms. The normalized spacial score (nSPS) is 19.6. The molecule has 2 N–H and O–H groups in total. The van der Waals surface area contributed by atoms with Gasteiger partial charge in [0.1, 0.15) is 5.82 Å². The number of benzene rings is 1. The Kier molecular flexibility index (Phi) is 5.52. The fraction of sp³-hybridized carbons (Fsp3) is 0.286. The molecule has 1 aromatic carbocycles. The summed E-state index contributed by atoms with van der Waals surface area (Å²) in [6.07, 6.45) is 3.57. The molecule has 0 saturated carbocycles. The van der Waals surface area contributed by atoms with Gasteiger partial charge in [-0.25, -0.2) is 9.97 Å². The van der Waals surface area contributed by atoms with Crippen LogP contribution in [0.5, 0.6) is 0 Å². The fourth-order valence-corrected chi connectivity index (χ4v) is 3.52. The minimum absolute atomic E-state index is 0.00423. The Labute approximate surface area is 168 Å². The van der Waals surface area contributed by atoms with Crippen molar-refractivity contribution in [2.45, 2.75) is 12.5 Å². The van der Waals surface area contributed by atoms with Crippen LogP contribution in [0.3, 0.4) is 0 Å². The van der Waals surface area contributed by atoms with E-state index in [2.05, 4.69) is 4.98 Å². The Morgan fingerprint density at radius 2 is 1.93 bits per heavy atom. The summed E-state index contributed by atoms with van der Waals surface area (Å²) in [7, 11) is 0. The van der Waals surface area contributed by atoms with Gasteiger partial charge in [-0.2, -0.15) is 0 Å². The number of rotatable bonds is 4. The van der Waals surface area contributed by atoms with Crippen molar-refractivity contribution in [1.29, 1.82) is 0 Å². The number of β-amino-alcohol motifs (C(OH)–C–C–N with tert-alkyl or cyclic N) is 1. The summed E-state index contributed by atoms with van der Waals surface area (Å²) >= 11 is 6.03. The second kappa shape index (κ2) is 8.22. The van der Waals surface area contributed by atoms with E-state index in [1.165, 1.54) is 0 Å². The highest BCUT2D eigenvalue weighted by Gasteiger charge is 2.28. The summed E-state index contributed by atoms with van der Waals surface area (Å²) in [4.78, 5) is 15.7. The number of hydrogen-bond donors (Lipinski definition) is 2. The van der Waals surface area contributed by atoms with Crippen LogP contribution in [0.1, 0.15) is 6.42 Å². The Hall–Kier alpha value is -2.54. The van der Waals surface area contributed by atoms with E-state index >= 15 is 0 Å². The topological polar surface area (TPSA) is 82.4 Å². The van der Waals surface area contributed by atoms with Crippen molar-refractivity contribution in [2.75, 3.05) is 24.6 Å². The van der Waals surface area contributed by atoms with Gasteiger partial charge in [-0.05, 0) is 30.7 Å². The predicted molar refractivity (Wildman–Crippen MR) is 109 cm³/mol. The van der Waals surface area contributed by atoms with E-state index in [1.54, 1.807) is 12.4 Å². The van der Waals surface area contributed by atoms with Crippen LogP contribution >= 0.6 is 11.6 Å². The van der Waals surface area contributed by atoms with Crippen LogP contribution < -0.4 is 4.90 Å². The lowest BCUT2D eigenvalue weighted by Gasteiger charge is -2.36. The van der Waals surface area contributed by atoms with E-state index in [0.29, 0.717) is 30.4 Å². The summed E-state index contributed by atoms with van der Waals surface area (Å²) in [5.74, 6) is 1.23. The van der Waals surface area contributed by atoms with Crippen molar-refractivity contribution in [3.05, 3.63) is 59.9 Å². The number of nitrogens with zero attached hydrogens (tertiary/aromatic N) is 4. The molecule has 1 aliphatic rings. The maximum atomic E-state index is 10.3. The fourth-order valence-electron chi connectivity index (χ4n) is 3.39. The Bertz CT molecular complexity index is 937. The summed E-state index contributed by atoms with van der Waals surface area (Å²) in [5.41, 5.74) is 2.54.